The van der Waals surface area contributed by atoms with E-state index in [-0.39, 0.29) is 11.9 Å². The van der Waals surface area contributed by atoms with Gasteiger partial charge in [0, 0.05) is 12.2 Å². The highest BCUT2D eigenvalue weighted by molar-refractivity contribution is 5.81. The molecule has 0 spiro atoms. The van der Waals surface area contributed by atoms with Crippen LogP contribution >= 0.6 is 0 Å². The van der Waals surface area contributed by atoms with Crippen molar-refractivity contribution in [1.82, 2.24) is 0 Å². The Labute approximate surface area is 134 Å². The number of hydrogen-bond donors (Lipinski definition) is 0. The fourth-order valence-electron chi connectivity index (χ4n) is 0.958. The van der Waals surface area contributed by atoms with Crippen molar-refractivity contribution in [2.24, 2.45) is 0 Å². The van der Waals surface area contributed by atoms with Crippen molar-refractivity contribution in [3.8, 4) is 0 Å². The second-order valence-electron chi connectivity index (χ2n) is 6.77. The zero-order chi connectivity index (χ0) is 17.8. The Kier molecular flexibility index (Phi) is 11.3. The van der Waals surface area contributed by atoms with Crippen LogP contribution in [0.3, 0.4) is 0 Å². The lowest BCUT2D eigenvalue weighted by Gasteiger charge is -2.23. The van der Waals surface area contributed by atoms with E-state index in [1.807, 2.05) is 42.3 Å². The minimum atomic E-state index is -0.349. The van der Waals surface area contributed by atoms with Crippen molar-refractivity contribution in [1.29, 1.82) is 0 Å². The number of rotatable bonds is 8. The molecule has 22 heavy (non-hydrogen) atoms. The average Bonchev–Trinajstić information content (AvgIpc) is 2.36. The van der Waals surface area contributed by atoms with Crippen LogP contribution in [0.5, 0.6) is 0 Å². The maximum atomic E-state index is 10.6. The summed E-state index contributed by atoms with van der Waals surface area (Å²) in [4.78, 5) is 21.1. The van der Waals surface area contributed by atoms with E-state index in [4.69, 9.17) is 9.47 Å². The van der Waals surface area contributed by atoms with Crippen molar-refractivity contribution >= 4 is 11.9 Å². The molecule has 0 bridgehead atoms. The standard InChI is InChI=1S/2C8H16NO2/c2*1-5-8(10)11-7-6-9(2,3)4/h2*5H,1,6-7H2,2-4H3/q2*+1. The average molecular weight is 316 g/mol. The highest BCUT2D eigenvalue weighted by Crippen LogP contribution is 1.90. The monoisotopic (exact) mass is 316 g/mol. The molecule has 128 valence electrons. The van der Waals surface area contributed by atoms with Gasteiger partial charge in [0.2, 0.25) is 0 Å². The SMILES string of the molecule is C=CC(=O)OCC[N+](C)(C)C.C=CC(=O)OCC[N+](C)(C)C. The molecule has 0 amide bonds. The van der Waals surface area contributed by atoms with Crippen LogP contribution in [0, 0.1) is 0 Å². The molecule has 6 heteroatoms. The van der Waals surface area contributed by atoms with E-state index in [2.05, 4.69) is 13.2 Å². The van der Waals surface area contributed by atoms with E-state index in [1.54, 1.807) is 0 Å². The molecule has 0 saturated carbocycles. The first-order valence-electron chi connectivity index (χ1n) is 7.10. The minimum Gasteiger partial charge on any atom is -0.457 e. The maximum Gasteiger partial charge on any atom is 0.330 e. The lowest BCUT2D eigenvalue weighted by atomic mass is 10.5. The van der Waals surface area contributed by atoms with Gasteiger partial charge in [0.05, 0.1) is 42.3 Å². The Hall–Kier alpha value is -1.66. The third-order valence-electron chi connectivity index (χ3n) is 2.35. The van der Waals surface area contributed by atoms with Crippen LogP contribution in [0.25, 0.3) is 0 Å². The fourth-order valence-corrected chi connectivity index (χ4v) is 0.958. The van der Waals surface area contributed by atoms with Gasteiger partial charge in [-0.1, -0.05) is 13.2 Å². The molecule has 0 aromatic heterocycles. The third kappa shape index (κ3) is 20.7. The highest BCUT2D eigenvalue weighted by Gasteiger charge is 2.07. The van der Waals surface area contributed by atoms with Crippen molar-refractivity contribution in [2.45, 2.75) is 0 Å². The Balaban J connectivity index is 0. The Morgan fingerprint density at radius 3 is 1.23 bits per heavy atom. The van der Waals surface area contributed by atoms with Crippen molar-refractivity contribution < 1.29 is 28.0 Å². The van der Waals surface area contributed by atoms with Gasteiger partial charge in [-0.05, 0) is 0 Å². The van der Waals surface area contributed by atoms with Gasteiger partial charge in [0.1, 0.15) is 26.3 Å². The number of esters is 2. The highest BCUT2D eigenvalue weighted by atomic mass is 16.5. The van der Waals surface area contributed by atoms with E-state index >= 15 is 0 Å². The van der Waals surface area contributed by atoms with Crippen LogP contribution in [-0.2, 0) is 19.1 Å². The lowest BCUT2D eigenvalue weighted by Crippen LogP contribution is -2.37. The molecule has 0 saturated heterocycles. The summed E-state index contributed by atoms with van der Waals surface area (Å²) in [6.07, 6.45) is 2.35. The fraction of sp³-hybridized carbons (Fsp3) is 0.625. The van der Waals surface area contributed by atoms with Gasteiger partial charge < -0.3 is 18.4 Å². The second-order valence-corrected chi connectivity index (χ2v) is 6.77. The van der Waals surface area contributed by atoms with Crippen LogP contribution in [-0.4, -0.2) is 89.5 Å². The number of ether oxygens (including phenoxy) is 2. The lowest BCUT2D eigenvalue weighted by molar-refractivity contribution is -0.870. The summed E-state index contributed by atoms with van der Waals surface area (Å²) < 4.78 is 11.2. The number of quaternary nitrogens is 2. The molecule has 0 heterocycles. The topological polar surface area (TPSA) is 52.6 Å². The number of nitrogens with zero attached hydrogens (tertiary/aromatic N) is 2. The number of hydrogen-bond acceptors (Lipinski definition) is 4. The Bertz CT molecular complexity index is 329. The molecule has 0 atom stereocenters. The zero-order valence-corrected chi connectivity index (χ0v) is 14.9. The Morgan fingerprint density at radius 1 is 0.773 bits per heavy atom. The molecule has 0 aromatic rings. The largest absolute Gasteiger partial charge is 0.457 e. The van der Waals surface area contributed by atoms with Gasteiger partial charge in [-0.3, -0.25) is 0 Å². The summed E-state index contributed by atoms with van der Waals surface area (Å²) in [5.74, 6) is -0.697. The summed E-state index contributed by atoms with van der Waals surface area (Å²) in [7, 11) is 12.3. The Morgan fingerprint density at radius 2 is 1.05 bits per heavy atom. The molecular formula is C16H32N2O4+2. The van der Waals surface area contributed by atoms with E-state index < -0.39 is 0 Å². The normalized spacial score (nSPS) is 10.8. The predicted octanol–water partition coefficient (Wildman–Crippen LogP) is 0.844. The van der Waals surface area contributed by atoms with Crippen LogP contribution in [0.4, 0.5) is 0 Å². The summed E-state index contributed by atoms with van der Waals surface area (Å²) in [6.45, 7) is 9.14. The first kappa shape index (κ1) is 22.6. The molecule has 0 rings (SSSR count). The molecule has 0 aromatic carbocycles. The molecule has 0 aliphatic carbocycles. The molecule has 6 nitrogen and oxygen atoms in total. The van der Waals surface area contributed by atoms with E-state index in [0.29, 0.717) is 13.2 Å². The van der Waals surface area contributed by atoms with E-state index in [1.165, 1.54) is 12.2 Å². The summed E-state index contributed by atoms with van der Waals surface area (Å²) in [6, 6.07) is 0. The first-order valence-corrected chi connectivity index (χ1v) is 7.10. The van der Waals surface area contributed by atoms with Gasteiger partial charge in [0.25, 0.3) is 0 Å². The summed E-state index contributed by atoms with van der Waals surface area (Å²) in [5, 5.41) is 0. The molecule has 0 aliphatic rings. The van der Waals surface area contributed by atoms with Crippen LogP contribution < -0.4 is 0 Å². The van der Waals surface area contributed by atoms with Crippen molar-refractivity contribution in [3.63, 3.8) is 0 Å². The van der Waals surface area contributed by atoms with Crippen LogP contribution in [0.2, 0.25) is 0 Å². The molecule has 0 fully saturated rings. The quantitative estimate of drug-likeness (QED) is 0.378. The van der Waals surface area contributed by atoms with Crippen molar-refractivity contribution in [3.05, 3.63) is 25.3 Å². The zero-order valence-electron chi connectivity index (χ0n) is 14.9. The number of likely N-dealkylation sites (N-methyl/N-ethyl adjacent to an activating group) is 2. The third-order valence-corrected chi connectivity index (χ3v) is 2.35. The van der Waals surface area contributed by atoms with Crippen molar-refractivity contribution in [2.75, 3.05) is 68.6 Å². The molecule has 0 unspecified atom stereocenters. The van der Waals surface area contributed by atoms with Gasteiger partial charge in [0.15, 0.2) is 0 Å². The van der Waals surface area contributed by atoms with Gasteiger partial charge in [-0.25, -0.2) is 9.59 Å². The summed E-state index contributed by atoms with van der Waals surface area (Å²) >= 11 is 0. The molecular weight excluding hydrogens is 284 g/mol. The molecule has 0 aliphatic heterocycles. The second kappa shape index (κ2) is 11.0. The molecule has 0 N–H and O–H groups in total. The van der Waals surface area contributed by atoms with Crippen LogP contribution in [0.1, 0.15) is 0 Å². The van der Waals surface area contributed by atoms with Gasteiger partial charge in [-0.2, -0.15) is 0 Å². The summed E-state index contributed by atoms with van der Waals surface area (Å²) in [5.41, 5.74) is 0. The number of carbonyl (C=O) groups is 2. The first-order chi connectivity index (χ1) is 9.91. The smallest absolute Gasteiger partial charge is 0.330 e. The minimum absolute atomic E-state index is 0.349. The predicted molar refractivity (Wildman–Crippen MR) is 88.1 cm³/mol. The maximum absolute atomic E-state index is 10.6. The van der Waals surface area contributed by atoms with E-state index in [9.17, 15) is 9.59 Å². The molecule has 0 radical (unpaired) electrons. The van der Waals surface area contributed by atoms with Gasteiger partial charge in [-0.15, -0.1) is 0 Å². The number of carbonyl (C=O) groups excluding carboxylic acids is 2. The van der Waals surface area contributed by atoms with Gasteiger partial charge >= 0.3 is 11.9 Å². The van der Waals surface area contributed by atoms with Crippen LogP contribution in [0.15, 0.2) is 25.3 Å². The van der Waals surface area contributed by atoms with E-state index in [0.717, 1.165) is 22.1 Å².